The van der Waals surface area contributed by atoms with Gasteiger partial charge < -0.3 is 29.2 Å². The monoisotopic (exact) mass is 842 g/mol. The van der Waals surface area contributed by atoms with Crippen molar-refractivity contribution in [2.75, 3.05) is 19.8 Å². The van der Waals surface area contributed by atoms with Crippen LogP contribution in [0.15, 0.2) is 181 Å². The van der Waals surface area contributed by atoms with E-state index in [0.717, 1.165) is 0 Å². The first kappa shape index (κ1) is 41.3. The van der Waals surface area contributed by atoms with Gasteiger partial charge in [0, 0.05) is 6.07 Å². The maximum atomic E-state index is 13.6. The third-order valence-electron chi connectivity index (χ3n) is 8.47. The summed E-state index contributed by atoms with van der Waals surface area (Å²) in [5.41, 5.74) is 0. The van der Waals surface area contributed by atoms with E-state index in [2.05, 4.69) is 0 Å². The predicted molar refractivity (Wildman–Crippen MR) is 214 cm³/mol. The summed E-state index contributed by atoms with van der Waals surface area (Å²) < 4.78 is 102. The number of ether oxygens (including phenoxy) is 4. The van der Waals surface area contributed by atoms with Crippen molar-refractivity contribution >= 4 is 29.5 Å². The fraction of sp³-hybridized carbons (Fsp3) is 0.116. The second kappa shape index (κ2) is 17.9. The minimum Gasteiger partial charge on any atom is -0.508 e. The van der Waals surface area contributed by atoms with E-state index >= 15 is 0 Å². The largest absolute Gasteiger partial charge is 0.508 e. The molecule has 6 aromatic carbocycles. The van der Waals surface area contributed by atoms with Gasteiger partial charge in [0.05, 0.1) is 36.0 Å². The van der Waals surface area contributed by atoms with Gasteiger partial charge in [-0.15, -0.1) is 0 Å². The lowest BCUT2D eigenvalue weighted by molar-refractivity contribution is 0.282. The van der Waals surface area contributed by atoms with E-state index in [1.165, 1.54) is 127 Å². The lowest BCUT2D eigenvalue weighted by Crippen LogP contribution is -2.05. The molecule has 58 heavy (non-hydrogen) atoms. The zero-order valence-electron chi connectivity index (χ0n) is 31.0. The Morgan fingerprint density at radius 1 is 0.431 bits per heavy atom. The highest BCUT2D eigenvalue weighted by atomic mass is 32.2. The SMILES string of the molecule is CCCOc1cc(S(=O)(=O)c2ccc(Oc3ccc(S(=O)(=O)c4ccc(O)cc4)cc3)cc2)ccc1OCC=CCOc1ccc(S(=O)(=O)c2ccc(O)cc2)cc1. The molecule has 6 rings (SSSR count). The molecule has 0 heterocycles. The van der Waals surface area contributed by atoms with Crippen LogP contribution < -0.4 is 18.9 Å². The van der Waals surface area contributed by atoms with Crippen molar-refractivity contribution in [3.05, 3.63) is 152 Å². The molecule has 0 radical (unpaired) electrons. The molecule has 0 atom stereocenters. The van der Waals surface area contributed by atoms with Crippen molar-refractivity contribution in [3.8, 4) is 40.2 Å². The van der Waals surface area contributed by atoms with E-state index in [0.29, 0.717) is 36.0 Å². The minimum atomic E-state index is -3.98. The standard InChI is InChI=1S/C43H38O12S3/c1-2-27-53-43-30-41(25-26-42(43)54-29-4-3-28-52-33-9-19-38(20-10-33)56(46,47)36-15-5-31(44)6-16-36)58(50,51)40-23-13-35(14-24-40)55-34-11-21-39(22-12-34)57(48,49)37-17-7-32(45)8-18-37/h3-26,30,44-45H,2,27-29H2,1H3. The molecule has 0 aromatic heterocycles. The Balaban J connectivity index is 1.04. The van der Waals surface area contributed by atoms with Gasteiger partial charge in [0.2, 0.25) is 29.5 Å². The fourth-order valence-electron chi connectivity index (χ4n) is 5.40. The molecule has 12 nitrogen and oxygen atoms in total. The van der Waals surface area contributed by atoms with Gasteiger partial charge in [0.1, 0.15) is 42.0 Å². The minimum absolute atomic E-state index is 0.00382. The Labute approximate surface area is 337 Å². The maximum absolute atomic E-state index is 13.6. The van der Waals surface area contributed by atoms with Crippen LogP contribution in [0, 0.1) is 0 Å². The quantitative estimate of drug-likeness (QED) is 0.0842. The van der Waals surface area contributed by atoms with Gasteiger partial charge >= 0.3 is 0 Å². The highest BCUT2D eigenvalue weighted by Gasteiger charge is 2.22. The van der Waals surface area contributed by atoms with E-state index in [9.17, 15) is 35.5 Å². The Bertz CT molecular complexity index is 2700. The van der Waals surface area contributed by atoms with Crippen LogP contribution in [0.3, 0.4) is 0 Å². The van der Waals surface area contributed by atoms with E-state index in [1.807, 2.05) is 6.92 Å². The molecule has 0 aliphatic rings. The van der Waals surface area contributed by atoms with Crippen molar-refractivity contribution in [1.82, 2.24) is 0 Å². The van der Waals surface area contributed by atoms with Crippen molar-refractivity contribution in [2.24, 2.45) is 0 Å². The van der Waals surface area contributed by atoms with E-state index in [-0.39, 0.29) is 59.8 Å². The number of hydrogen-bond donors (Lipinski definition) is 2. The maximum Gasteiger partial charge on any atom is 0.206 e. The van der Waals surface area contributed by atoms with Gasteiger partial charge in [0.25, 0.3) is 0 Å². The number of rotatable bonds is 17. The van der Waals surface area contributed by atoms with Gasteiger partial charge in [-0.3, -0.25) is 0 Å². The second-order valence-electron chi connectivity index (χ2n) is 12.6. The Morgan fingerprint density at radius 2 is 0.793 bits per heavy atom. The third kappa shape index (κ3) is 9.80. The van der Waals surface area contributed by atoms with Crippen LogP contribution in [0.1, 0.15) is 13.3 Å². The summed E-state index contributed by atoms with van der Waals surface area (Å²) in [4.78, 5) is 0.234. The van der Waals surface area contributed by atoms with E-state index in [1.54, 1.807) is 24.3 Å². The molecule has 0 bridgehead atoms. The topological polar surface area (TPSA) is 180 Å². The molecule has 0 amide bonds. The van der Waals surface area contributed by atoms with Crippen molar-refractivity contribution in [1.29, 1.82) is 0 Å². The molecule has 15 heteroatoms. The molecule has 2 N–H and O–H groups in total. The summed E-state index contributed by atoms with van der Waals surface area (Å²) in [7, 11) is -11.5. The number of aromatic hydroxyl groups is 2. The summed E-state index contributed by atoms with van der Waals surface area (Å²) >= 11 is 0. The van der Waals surface area contributed by atoms with Crippen molar-refractivity contribution in [3.63, 3.8) is 0 Å². The summed E-state index contributed by atoms with van der Waals surface area (Å²) in [5, 5.41) is 18.9. The van der Waals surface area contributed by atoms with Crippen molar-refractivity contribution in [2.45, 2.75) is 42.7 Å². The Hall–Kier alpha value is -6.29. The van der Waals surface area contributed by atoms with Crippen LogP contribution in [-0.2, 0) is 29.5 Å². The lowest BCUT2D eigenvalue weighted by Gasteiger charge is -2.14. The van der Waals surface area contributed by atoms with Gasteiger partial charge in [-0.25, -0.2) is 25.3 Å². The van der Waals surface area contributed by atoms with E-state index < -0.39 is 29.5 Å². The summed E-state index contributed by atoms with van der Waals surface area (Å²) in [6.07, 6.45) is 4.12. The second-order valence-corrected chi connectivity index (χ2v) is 18.4. The molecule has 0 spiro atoms. The lowest BCUT2D eigenvalue weighted by atomic mass is 10.3. The predicted octanol–water partition coefficient (Wildman–Crippen LogP) is 8.19. The van der Waals surface area contributed by atoms with Crippen molar-refractivity contribution < 1.29 is 54.4 Å². The van der Waals surface area contributed by atoms with Gasteiger partial charge in [-0.2, -0.15) is 0 Å². The molecule has 0 saturated carbocycles. The van der Waals surface area contributed by atoms with Crippen LogP contribution in [0.5, 0.6) is 40.2 Å². The Kier molecular flexibility index (Phi) is 12.7. The number of phenolic OH excluding ortho intramolecular Hbond substituents is 2. The van der Waals surface area contributed by atoms with Crippen LogP contribution in [0.2, 0.25) is 0 Å². The van der Waals surface area contributed by atoms with E-state index in [4.69, 9.17) is 18.9 Å². The van der Waals surface area contributed by atoms with Gasteiger partial charge in [-0.05, 0) is 152 Å². The molecule has 0 saturated heterocycles. The average molecular weight is 843 g/mol. The summed E-state index contributed by atoms with van der Waals surface area (Å²) in [6.45, 7) is 2.55. The average Bonchev–Trinajstić information content (AvgIpc) is 3.22. The molecule has 6 aromatic rings. The third-order valence-corrected chi connectivity index (χ3v) is 13.8. The van der Waals surface area contributed by atoms with Crippen LogP contribution >= 0.6 is 0 Å². The molecule has 0 fully saturated rings. The molecule has 0 unspecified atom stereocenters. The molecule has 0 aliphatic heterocycles. The number of sulfone groups is 3. The first-order valence-corrected chi connectivity index (χ1v) is 22.2. The smallest absolute Gasteiger partial charge is 0.206 e. The highest BCUT2D eigenvalue weighted by Crippen LogP contribution is 2.34. The first-order chi connectivity index (χ1) is 27.8. The zero-order valence-corrected chi connectivity index (χ0v) is 33.4. The van der Waals surface area contributed by atoms with Gasteiger partial charge in [-0.1, -0.05) is 6.92 Å². The fourth-order valence-corrected chi connectivity index (χ4v) is 9.20. The van der Waals surface area contributed by atoms with Crippen LogP contribution in [0.4, 0.5) is 0 Å². The first-order valence-electron chi connectivity index (χ1n) is 17.8. The molecular formula is C43H38O12S3. The summed E-state index contributed by atoms with van der Waals surface area (Å²) in [6, 6.07) is 32.4. The molecule has 300 valence electrons. The summed E-state index contributed by atoms with van der Waals surface area (Å²) in [5.74, 6) is 1.65. The van der Waals surface area contributed by atoms with Crippen LogP contribution in [-0.4, -0.2) is 55.3 Å². The highest BCUT2D eigenvalue weighted by molar-refractivity contribution is 7.92. The van der Waals surface area contributed by atoms with Crippen LogP contribution in [0.25, 0.3) is 0 Å². The molecule has 0 aliphatic carbocycles. The number of phenols is 2. The van der Waals surface area contributed by atoms with Gasteiger partial charge in [0.15, 0.2) is 11.5 Å². The number of hydrogen-bond acceptors (Lipinski definition) is 12. The molecular weight excluding hydrogens is 805 g/mol. The number of benzene rings is 6. The zero-order chi connectivity index (χ0) is 41.3. The normalized spacial score (nSPS) is 11.9. The Morgan fingerprint density at radius 3 is 1.22 bits per heavy atom.